The number of rotatable bonds is 34. The molecule has 0 saturated heterocycles. The molecule has 0 radical (unpaired) electrons. The first-order valence-electron chi connectivity index (χ1n) is 30.7. The van der Waals surface area contributed by atoms with E-state index in [0.717, 1.165) is 89.6 Å². The van der Waals surface area contributed by atoms with Crippen LogP contribution < -0.4 is 33.4 Å². The average Bonchev–Trinajstić information content (AvgIpc) is 3.59. The maximum Gasteiger partial charge on any atom is 0.330 e. The van der Waals surface area contributed by atoms with Gasteiger partial charge in [0.15, 0.2) is 0 Å². The summed E-state index contributed by atoms with van der Waals surface area (Å²) < 4.78 is 51.9. The number of esters is 6. The second-order valence-electron chi connectivity index (χ2n) is 21.8. The summed E-state index contributed by atoms with van der Waals surface area (Å²) in [6.45, 7) is 11.8. The number of hydrogen-bond donors (Lipinski definition) is 0. The third-order valence-corrected chi connectivity index (χ3v) is 16.4. The highest BCUT2D eigenvalue weighted by Gasteiger charge is 2.34. The largest absolute Gasteiger partial charge is 0.494 e. The van der Waals surface area contributed by atoms with Crippen LogP contribution in [0.15, 0.2) is 134 Å². The summed E-state index contributed by atoms with van der Waals surface area (Å²) in [5.74, 6) is -1.24. The molecule has 2 aliphatic carbocycles. The summed E-state index contributed by atoms with van der Waals surface area (Å²) in [4.78, 5) is 81.7. The van der Waals surface area contributed by atoms with E-state index < -0.39 is 35.7 Å². The lowest BCUT2D eigenvalue weighted by Gasteiger charge is -2.26. The topological polar surface area (TPSA) is 214 Å². The zero-order chi connectivity index (χ0) is 61.9. The number of para-hydroxylation sites is 1. The Kier molecular flexibility index (Phi) is 25.9. The Balaban J connectivity index is 0.853. The van der Waals surface area contributed by atoms with Gasteiger partial charge in [-0.15, -0.1) is 0 Å². The molecule has 88 heavy (non-hydrogen) atoms. The molecule has 0 N–H and O–H groups in total. The standard InChI is InChI=1S/C69H79N3O15S/c1-4-7-8-13-37-72(69-71-60-17-11-12-18-62(60)88-69)70-47-54-44-53-45-59(86-67(77)50-21-19-48(20-22-50)65(75)84-57-33-29-55(30-34-57)80-39-14-9-10-15-40-82-63(73)5-2)28-27-52(53)46-61(54)87-68(78)51-25-23-49(24-26-51)66(76)85-58-35-31-56(32-36-58)81-43-42-79-38-16-41-83-64(74)6-3/h5-6,11-12,17-18,27-36,44-51H,2-4,7-10,13-16,19-26,37-43H2,1H3/b70-47+. The van der Waals surface area contributed by atoms with Crippen molar-refractivity contribution in [3.63, 3.8) is 0 Å². The minimum Gasteiger partial charge on any atom is -0.494 e. The molecule has 6 aromatic rings. The highest BCUT2D eigenvalue weighted by atomic mass is 32.1. The van der Waals surface area contributed by atoms with Crippen molar-refractivity contribution in [3.8, 4) is 34.5 Å². The molecule has 466 valence electrons. The molecule has 0 atom stereocenters. The molecule has 0 aliphatic heterocycles. The Hall–Kier alpha value is -8.42. The van der Waals surface area contributed by atoms with Gasteiger partial charge in [-0.2, -0.15) is 5.10 Å². The van der Waals surface area contributed by atoms with Gasteiger partial charge in [0, 0.05) is 37.3 Å². The van der Waals surface area contributed by atoms with Crippen molar-refractivity contribution >= 4 is 79.5 Å². The van der Waals surface area contributed by atoms with Crippen LogP contribution >= 0.6 is 11.3 Å². The van der Waals surface area contributed by atoms with Gasteiger partial charge < -0.3 is 42.6 Å². The second-order valence-corrected chi connectivity index (χ2v) is 22.8. The monoisotopic (exact) mass is 1220 g/mol. The van der Waals surface area contributed by atoms with E-state index >= 15 is 0 Å². The van der Waals surface area contributed by atoms with Gasteiger partial charge in [-0.25, -0.2) is 19.6 Å². The van der Waals surface area contributed by atoms with Gasteiger partial charge in [0.05, 0.1) is 66.5 Å². The number of carbonyl (C=O) groups excluding carboxylic acids is 6. The molecule has 2 aliphatic rings. The number of hydrogen-bond acceptors (Lipinski definition) is 19. The molecule has 8 rings (SSSR count). The molecule has 0 unspecified atom stereocenters. The molecule has 0 amide bonds. The number of nitrogens with zero attached hydrogens (tertiary/aromatic N) is 3. The highest BCUT2D eigenvalue weighted by molar-refractivity contribution is 7.22. The number of benzene rings is 5. The van der Waals surface area contributed by atoms with Crippen molar-refractivity contribution in [2.75, 3.05) is 51.2 Å². The summed E-state index contributed by atoms with van der Waals surface area (Å²) >= 11 is 1.55. The van der Waals surface area contributed by atoms with E-state index in [9.17, 15) is 28.8 Å². The van der Waals surface area contributed by atoms with Gasteiger partial charge in [0.2, 0.25) is 5.13 Å². The fourth-order valence-corrected chi connectivity index (χ4v) is 11.3. The van der Waals surface area contributed by atoms with E-state index in [1.165, 1.54) is 0 Å². The van der Waals surface area contributed by atoms with Gasteiger partial charge in [-0.3, -0.25) is 19.2 Å². The average molecular weight is 1220 g/mol. The normalized spacial score (nSPS) is 16.5. The SMILES string of the molecule is C=CC(=O)OCCCCCCOc1ccc(OC(=O)C2CCC(C(=O)Oc3ccc4cc(OC(=O)C5CCC(C(=O)Oc6ccc(OCCOCCCOC(=O)C=C)cc6)CC5)c(/C=N/N(CCCCCC)c5nc6ccccc6s5)cc4c3)CC2)cc1. The zero-order valence-electron chi connectivity index (χ0n) is 50.1. The van der Waals surface area contributed by atoms with Crippen LogP contribution in [0.2, 0.25) is 0 Å². The van der Waals surface area contributed by atoms with Crippen molar-refractivity contribution in [2.24, 2.45) is 28.8 Å². The summed E-state index contributed by atoms with van der Waals surface area (Å²) in [6, 6.07) is 30.7. The van der Waals surface area contributed by atoms with Gasteiger partial charge in [0.1, 0.15) is 41.1 Å². The predicted octanol–water partition coefficient (Wildman–Crippen LogP) is 13.7. The molecular weight excluding hydrogens is 1140 g/mol. The first-order chi connectivity index (χ1) is 42.9. The van der Waals surface area contributed by atoms with E-state index in [2.05, 4.69) is 20.1 Å². The third-order valence-electron chi connectivity index (χ3n) is 15.4. The number of ether oxygens (including phenoxy) is 9. The van der Waals surface area contributed by atoms with Crippen LogP contribution in [0.5, 0.6) is 34.5 Å². The van der Waals surface area contributed by atoms with E-state index in [4.69, 9.17) is 52.7 Å². The molecule has 1 aromatic heterocycles. The van der Waals surface area contributed by atoms with Crippen LogP contribution in [-0.4, -0.2) is 93.2 Å². The van der Waals surface area contributed by atoms with Crippen LogP contribution in [0, 0.1) is 23.7 Å². The van der Waals surface area contributed by atoms with Crippen LogP contribution in [-0.2, 0) is 43.0 Å². The Bertz CT molecular complexity index is 3280. The minimum absolute atomic E-state index is 0.249. The molecule has 0 bridgehead atoms. The third kappa shape index (κ3) is 20.6. The lowest BCUT2D eigenvalue weighted by molar-refractivity contribution is -0.145. The molecule has 5 aromatic carbocycles. The van der Waals surface area contributed by atoms with Crippen molar-refractivity contribution in [2.45, 2.75) is 116 Å². The first-order valence-corrected chi connectivity index (χ1v) is 31.5. The second kappa shape index (κ2) is 34.8. The molecule has 19 heteroatoms. The van der Waals surface area contributed by atoms with Gasteiger partial charge in [-0.05, 0) is 179 Å². The molecule has 18 nitrogen and oxygen atoms in total. The molecule has 1 heterocycles. The van der Waals surface area contributed by atoms with Crippen LogP contribution in [0.3, 0.4) is 0 Å². The summed E-state index contributed by atoms with van der Waals surface area (Å²) in [7, 11) is 0. The summed E-state index contributed by atoms with van der Waals surface area (Å²) in [5.41, 5.74) is 1.41. The number of fused-ring (bicyclic) bond motifs is 2. The summed E-state index contributed by atoms with van der Waals surface area (Å²) in [6.07, 6.45) is 15.8. The molecule has 2 fully saturated rings. The Labute approximate surface area is 518 Å². The van der Waals surface area contributed by atoms with Crippen LogP contribution in [0.4, 0.5) is 5.13 Å². The Morgan fingerprint density at radius 1 is 0.523 bits per heavy atom. The predicted molar refractivity (Wildman–Crippen MR) is 336 cm³/mol. The summed E-state index contributed by atoms with van der Waals surface area (Å²) in [5, 5.41) is 9.12. The number of carbonyl (C=O) groups is 6. The van der Waals surface area contributed by atoms with E-state index in [0.29, 0.717) is 137 Å². The molecular formula is C69H79N3O15S. The fraction of sp³-hybridized carbons (Fsp3) is 0.420. The van der Waals surface area contributed by atoms with Crippen molar-refractivity contribution < 1.29 is 71.4 Å². The lowest BCUT2D eigenvalue weighted by Crippen LogP contribution is -2.30. The van der Waals surface area contributed by atoms with Crippen LogP contribution in [0.25, 0.3) is 21.0 Å². The van der Waals surface area contributed by atoms with Gasteiger partial charge in [-0.1, -0.05) is 68.9 Å². The Morgan fingerprint density at radius 2 is 1.03 bits per heavy atom. The van der Waals surface area contributed by atoms with Crippen molar-refractivity contribution in [1.29, 1.82) is 0 Å². The number of unbranched alkanes of at least 4 members (excludes halogenated alkanes) is 6. The number of hydrazone groups is 1. The maximum atomic E-state index is 14.1. The maximum absolute atomic E-state index is 14.1. The Morgan fingerprint density at radius 3 is 1.61 bits per heavy atom. The van der Waals surface area contributed by atoms with Crippen molar-refractivity contribution in [1.82, 2.24) is 4.98 Å². The van der Waals surface area contributed by atoms with Gasteiger partial charge in [0.25, 0.3) is 0 Å². The first kappa shape index (κ1) is 65.6. The molecule has 0 spiro atoms. The van der Waals surface area contributed by atoms with Crippen LogP contribution in [0.1, 0.15) is 122 Å². The molecule has 2 saturated carbocycles. The number of thiazole rings is 1. The zero-order valence-corrected chi connectivity index (χ0v) is 50.9. The fourth-order valence-electron chi connectivity index (χ4n) is 10.3. The smallest absolute Gasteiger partial charge is 0.330 e. The van der Waals surface area contributed by atoms with Gasteiger partial charge >= 0.3 is 35.8 Å². The van der Waals surface area contributed by atoms with E-state index in [1.807, 2.05) is 41.4 Å². The number of aromatic nitrogens is 1. The van der Waals surface area contributed by atoms with Crippen molar-refractivity contribution in [3.05, 3.63) is 134 Å². The highest BCUT2D eigenvalue weighted by Crippen LogP contribution is 2.36. The van der Waals surface area contributed by atoms with E-state index in [1.54, 1.807) is 84.3 Å². The number of anilines is 1. The lowest BCUT2D eigenvalue weighted by atomic mass is 9.82. The van der Waals surface area contributed by atoms with E-state index in [-0.39, 0.29) is 30.4 Å². The minimum atomic E-state index is -0.467. The quantitative estimate of drug-likeness (QED) is 0.00917.